The molecule has 4 aromatic carbocycles. The molecule has 0 spiro atoms. The molecule has 0 radical (unpaired) electrons. The maximum absolute atomic E-state index is 13.7. The van der Waals surface area contributed by atoms with Gasteiger partial charge in [-0.1, -0.05) is 54.6 Å². The van der Waals surface area contributed by atoms with Crippen molar-refractivity contribution in [3.8, 4) is 44.9 Å². The number of halogens is 2. The zero-order chi connectivity index (χ0) is 33.8. The van der Waals surface area contributed by atoms with Crippen LogP contribution in [-0.4, -0.2) is 29.6 Å². The van der Waals surface area contributed by atoms with Crippen LogP contribution in [0.4, 0.5) is 14.6 Å². The van der Waals surface area contributed by atoms with Crippen molar-refractivity contribution >= 4 is 11.6 Å². The maximum atomic E-state index is 13.7. The number of pyridine rings is 2. The van der Waals surface area contributed by atoms with Crippen LogP contribution in [0.5, 0.6) is 11.5 Å². The van der Waals surface area contributed by atoms with Crippen LogP contribution in [0, 0.1) is 11.6 Å². The number of Topliss-reactive ketones (excluding diaryl/α,β-unsaturated/α-hetero) is 1. The first kappa shape index (κ1) is 31.9. The standard InChI is InChI=1S/C39H31F2N3O4/c1-47-36-16-11-28(19-37(36)48-2)29-18-32(39(42)43-20-29)26-7-3-24(4-8-26)17-35(45)34-23-44(21-25-5-12-30(40)13-6-25)22-33(38(34)46)27-9-14-31(41)15-10-27/h3-16,18-20,22-23H,17,21H2,1-2H3,(H2,42,43). The van der Waals surface area contributed by atoms with E-state index in [1.54, 1.807) is 43.3 Å². The third kappa shape index (κ3) is 6.85. The monoisotopic (exact) mass is 643 g/mol. The van der Waals surface area contributed by atoms with Crippen LogP contribution in [0.25, 0.3) is 33.4 Å². The Balaban J connectivity index is 1.28. The summed E-state index contributed by atoms with van der Waals surface area (Å²) >= 11 is 0. The fraction of sp³-hybridized carbons (Fsp3) is 0.103. The van der Waals surface area contributed by atoms with Gasteiger partial charge in [-0.3, -0.25) is 9.59 Å². The van der Waals surface area contributed by atoms with Crippen molar-refractivity contribution in [3.63, 3.8) is 0 Å². The van der Waals surface area contributed by atoms with E-state index in [0.717, 1.165) is 27.8 Å². The SMILES string of the molecule is COc1ccc(-c2cnc(N)c(-c3ccc(CC(=O)c4cn(Cc5ccc(F)cc5)cc(-c5ccc(F)cc5)c4=O)cc3)c2)cc1OC. The molecule has 2 N–H and O–H groups in total. The average Bonchev–Trinajstić information content (AvgIpc) is 3.10. The minimum absolute atomic E-state index is 0.000853. The van der Waals surface area contributed by atoms with E-state index in [1.807, 2.05) is 48.5 Å². The van der Waals surface area contributed by atoms with E-state index in [9.17, 15) is 18.4 Å². The topological polar surface area (TPSA) is 96.4 Å². The normalized spacial score (nSPS) is 10.9. The van der Waals surface area contributed by atoms with Crippen molar-refractivity contribution in [1.29, 1.82) is 0 Å². The first-order valence-corrected chi connectivity index (χ1v) is 15.1. The van der Waals surface area contributed by atoms with Gasteiger partial charge in [0.05, 0.1) is 19.8 Å². The Morgan fingerprint density at radius 3 is 1.96 bits per heavy atom. The second-order valence-corrected chi connectivity index (χ2v) is 11.2. The highest BCUT2D eigenvalue weighted by molar-refractivity contribution is 5.98. The number of ketones is 1. The number of anilines is 1. The second kappa shape index (κ2) is 13.7. The third-order valence-corrected chi connectivity index (χ3v) is 8.08. The van der Waals surface area contributed by atoms with E-state index in [1.165, 1.54) is 42.6 Å². The zero-order valence-electron chi connectivity index (χ0n) is 26.2. The molecule has 9 heteroatoms. The number of nitrogens with zero attached hydrogens (tertiary/aromatic N) is 2. The molecule has 48 heavy (non-hydrogen) atoms. The minimum Gasteiger partial charge on any atom is -0.493 e. The average molecular weight is 644 g/mol. The summed E-state index contributed by atoms with van der Waals surface area (Å²) in [6.45, 7) is 0.293. The van der Waals surface area contributed by atoms with Crippen molar-refractivity contribution in [3.05, 3.63) is 154 Å². The Kier molecular flexibility index (Phi) is 9.11. The van der Waals surface area contributed by atoms with Gasteiger partial charge in [0, 0.05) is 48.2 Å². The number of ether oxygens (including phenoxy) is 2. The molecule has 7 nitrogen and oxygen atoms in total. The van der Waals surface area contributed by atoms with Crippen molar-refractivity contribution in [1.82, 2.24) is 9.55 Å². The van der Waals surface area contributed by atoms with Gasteiger partial charge in [0.15, 0.2) is 22.7 Å². The van der Waals surface area contributed by atoms with Crippen molar-refractivity contribution in [2.45, 2.75) is 13.0 Å². The van der Waals surface area contributed by atoms with Gasteiger partial charge in [0.2, 0.25) is 0 Å². The fourth-order valence-electron chi connectivity index (χ4n) is 5.52. The van der Waals surface area contributed by atoms with E-state index in [4.69, 9.17) is 15.2 Å². The molecule has 0 aliphatic carbocycles. The van der Waals surface area contributed by atoms with E-state index >= 15 is 0 Å². The Hall–Kier alpha value is -6.09. The number of rotatable bonds is 10. The summed E-state index contributed by atoms with van der Waals surface area (Å²) in [6, 6.07) is 26.4. The number of methoxy groups -OCH3 is 2. The second-order valence-electron chi connectivity index (χ2n) is 11.2. The summed E-state index contributed by atoms with van der Waals surface area (Å²) in [5.41, 5.74) is 11.3. The van der Waals surface area contributed by atoms with Crippen LogP contribution in [0.2, 0.25) is 0 Å². The summed E-state index contributed by atoms with van der Waals surface area (Å²) < 4.78 is 39.7. The molecule has 0 atom stereocenters. The molecule has 6 aromatic rings. The predicted octanol–water partition coefficient (Wildman–Crippen LogP) is 7.60. The third-order valence-electron chi connectivity index (χ3n) is 8.08. The molecule has 240 valence electrons. The number of hydrogen-bond donors (Lipinski definition) is 1. The van der Waals surface area contributed by atoms with Gasteiger partial charge in [0.25, 0.3) is 0 Å². The molecule has 0 aliphatic rings. The molecule has 0 amide bonds. The number of carbonyl (C=O) groups is 1. The van der Waals surface area contributed by atoms with Gasteiger partial charge in [-0.05, 0) is 70.3 Å². The lowest BCUT2D eigenvalue weighted by atomic mass is 9.97. The highest BCUT2D eigenvalue weighted by Crippen LogP contribution is 2.35. The van der Waals surface area contributed by atoms with Crippen LogP contribution in [0.15, 0.2) is 120 Å². The molecular weight excluding hydrogens is 612 g/mol. The number of benzene rings is 4. The molecule has 2 aromatic heterocycles. The fourth-order valence-corrected chi connectivity index (χ4v) is 5.52. The van der Waals surface area contributed by atoms with E-state index in [-0.39, 0.29) is 29.1 Å². The van der Waals surface area contributed by atoms with Crippen molar-refractivity contribution < 1.29 is 23.0 Å². The number of hydrogen-bond acceptors (Lipinski definition) is 6. The van der Waals surface area contributed by atoms with E-state index < -0.39 is 11.2 Å². The quantitative estimate of drug-likeness (QED) is 0.155. The number of carbonyl (C=O) groups excluding carboxylic acids is 1. The minimum atomic E-state index is -0.454. The smallest absolute Gasteiger partial charge is 0.200 e. The summed E-state index contributed by atoms with van der Waals surface area (Å²) in [6.07, 6.45) is 4.80. The van der Waals surface area contributed by atoms with Crippen LogP contribution in [0.3, 0.4) is 0 Å². The highest BCUT2D eigenvalue weighted by atomic mass is 19.1. The summed E-state index contributed by atoms with van der Waals surface area (Å²) in [5, 5.41) is 0. The molecule has 0 fully saturated rings. The summed E-state index contributed by atoms with van der Waals surface area (Å²) in [7, 11) is 3.15. The van der Waals surface area contributed by atoms with Gasteiger partial charge >= 0.3 is 0 Å². The number of nitrogen functional groups attached to an aromatic ring is 1. The van der Waals surface area contributed by atoms with Crippen LogP contribution in [-0.2, 0) is 13.0 Å². The van der Waals surface area contributed by atoms with E-state index in [2.05, 4.69) is 4.98 Å². The van der Waals surface area contributed by atoms with Gasteiger partial charge in [-0.25, -0.2) is 13.8 Å². The number of aromatic nitrogens is 2. The molecule has 0 aliphatic heterocycles. The van der Waals surface area contributed by atoms with Gasteiger partial charge in [0.1, 0.15) is 17.5 Å². The first-order chi connectivity index (χ1) is 23.2. The van der Waals surface area contributed by atoms with Crippen molar-refractivity contribution in [2.75, 3.05) is 20.0 Å². The molecule has 0 bridgehead atoms. The summed E-state index contributed by atoms with van der Waals surface area (Å²) in [5.74, 6) is 0.378. The lowest BCUT2D eigenvalue weighted by Gasteiger charge is -2.13. The maximum Gasteiger partial charge on any atom is 0.200 e. The van der Waals surface area contributed by atoms with Gasteiger partial charge in [-0.2, -0.15) is 0 Å². The van der Waals surface area contributed by atoms with E-state index in [0.29, 0.717) is 35.0 Å². The highest BCUT2D eigenvalue weighted by Gasteiger charge is 2.18. The number of nitrogens with two attached hydrogens (primary N) is 1. The molecular formula is C39H31F2N3O4. The largest absolute Gasteiger partial charge is 0.493 e. The zero-order valence-corrected chi connectivity index (χ0v) is 26.2. The van der Waals surface area contributed by atoms with Gasteiger partial charge < -0.3 is 19.8 Å². The van der Waals surface area contributed by atoms with Crippen molar-refractivity contribution in [2.24, 2.45) is 0 Å². The molecule has 0 unspecified atom stereocenters. The Bertz CT molecular complexity index is 2160. The lowest BCUT2D eigenvalue weighted by molar-refractivity contribution is 0.0991. The first-order valence-electron chi connectivity index (χ1n) is 15.1. The van der Waals surface area contributed by atoms with Gasteiger partial charge in [-0.15, -0.1) is 0 Å². The van der Waals surface area contributed by atoms with Crippen LogP contribution < -0.4 is 20.6 Å². The predicted molar refractivity (Wildman–Crippen MR) is 182 cm³/mol. The Morgan fingerprint density at radius 2 is 1.29 bits per heavy atom. The molecule has 0 saturated carbocycles. The Labute approximate surface area is 275 Å². The molecule has 6 rings (SSSR count). The van der Waals surface area contributed by atoms with Crippen LogP contribution >= 0.6 is 0 Å². The Morgan fingerprint density at radius 1 is 0.708 bits per heavy atom. The lowest BCUT2D eigenvalue weighted by Crippen LogP contribution is -2.21. The summed E-state index contributed by atoms with van der Waals surface area (Å²) in [4.78, 5) is 31.7. The molecule has 0 saturated heterocycles. The van der Waals surface area contributed by atoms with Crippen LogP contribution in [0.1, 0.15) is 21.5 Å². The molecule has 2 heterocycles.